The molecule has 3 aromatic rings. The molecule has 4 rings (SSSR count). The summed E-state index contributed by atoms with van der Waals surface area (Å²) in [5.41, 5.74) is 1.60. The van der Waals surface area contributed by atoms with Crippen molar-refractivity contribution in [2.45, 2.75) is 6.42 Å². The minimum Gasteiger partial charge on any atom is -0.497 e. The predicted molar refractivity (Wildman–Crippen MR) is 128 cm³/mol. The van der Waals surface area contributed by atoms with Crippen molar-refractivity contribution in [2.75, 3.05) is 29.2 Å². The van der Waals surface area contributed by atoms with Gasteiger partial charge in [0.15, 0.2) is 0 Å². The minimum atomic E-state index is -0.644. The van der Waals surface area contributed by atoms with Crippen molar-refractivity contribution in [2.24, 2.45) is 5.92 Å². The fourth-order valence-corrected chi connectivity index (χ4v) is 3.86. The second kappa shape index (κ2) is 9.93. The van der Waals surface area contributed by atoms with Gasteiger partial charge in [-0.3, -0.25) is 14.4 Å². The van der Waals surface area contributed by atoms with Gasteiger partial charge in [0.05, 0.1) is 29.3 Å². The highest BCUT2D eigenvalue weighted by Gasteiger charge is 2.35. The number of anilines is 3. The maximum atomic E-state index is 13.5. The monoisotopic (exact) mass is 481 g/mol. The number of para-hydroxylation sites is 1. The SMILES string of the molecule is COc1ccc(NC(=O)c2ccccc2NC(=O)C2CC(=O)N(c3ccc(F)c(Cl)c3)C2)cc1. The van der Waals surface area contributed by atoms with Gasteiger partial charge in [0, 0.05) is 24.3 Å². The van der Waals surface area contributed by atoms with Gasteiger partial charge in [-0.2, -0.15) is 0 Å². The van der Waals surface area contributed by atoms with Crippen molar-refractivity contribution < 1.29 is 23.5 Å². The normalized spacial score (nSPS) is 15.2. The molecular weight excluding hydrogens is 461 g/mol. The molecule has 0 aromatic heterocycles. The van der Waals surface area contributed by atoms with Gasteiger partial charge in [-0.1, -0.05) is 23.7 Å². The topological polar surface area (TPSA) is 87.7 Å². The van der Waals surface area contributed by atoms with Gasteiger partial charge >= 0.3 is 0 Å². The van der Waals surface area contributed by atoms with Crippen LogP contribution in [0.25, 0.3) is 0 Å². The number of hydrogen-bond acceptors (Lipinski definition) is 4. The number of nitrogens with zero attached hydrogens (tertiary/aromatic N) is 1. The third-order valence-electron chi connectivity index (χ3n) is 5.49. The van der Waals surface area contributed by atoms with Crippen LogP contribution in [0.3, 0.4) is 0 Å². The number of nitrogens with one attached hydrogen (secondary N) is 2. The van der Waals surface area contributed by atoms with Crippen LogP contribution in [0.15, 0.2) is 66.7 Å². The molecule has 34 heavy (non-hydrogen) atoms. The van der Waals surface area contributed by atoms with E-state index in [0.29, 0.717) is 22.8 Å². The molecule has 1 aliphatic rings. The van der Waals surface area contributed by atoms with Crippen LogP contribution in [-0.4, -0.2) is 31.4 Å². The molecular formula is C25H21ClFN3O4. The average Bonchev–Trinajstić information content (AvgIpc) is 3.23. The van der Waals surface area contributed by atoms with E-state index in [4.69, 9.17) is 16.3 Å². The summed E-state index contributed by atoms with van der Waals surface area (Å²) in [5, 5.41) is 5.45. The van der Waals surface area contributed by atoms with Crippen LogP contribution in [0.2, 0.25) is 5.02 Å². The average molecular weight is 482 g/mol. The molecule has 1 fully saturated rings. The summed E-state index contributed by atoms with van der Waals surface area (Å²) in [5.74, 6) is -1.63. The number of amides is 3. The van der Waals surface area contributed by atoms with E-state index in [2.05, 4.69) is 10.6 Å². The molecule has 1 saturated heterocycles. The summed E-state index contributed by atoms with van der Waals surface area (Å²) in [6.07, 6.45) is -0.0129. The second-order valence-corrected chi connectivity index (χ2v) is 8.13. The first-order valence-corrected chi connectivity index (χ1v) is 10.8. The van der Waals surface area contributed by atoms with Gasteiger partial charge in [-0.15, -0.1) is 0 Å². The lowest BCUT2D eigenvalue weighted by Gasteiger charge is -2.17. The van der Waals surface area contributed by atoms with E-state index in [1.165, 1.54) is 23.1 Å². The Hall–Kier alpha value is -3.91. The van der Waals surface area contributed by atoms with Crippen LogP contribution >= 0.6 is 11.6 Å². The fraction of sp³-hybridized carbons (Fsp3) is 0.160. The highest BCUT2D eigenvalue weighted by atomic mass is 35.5. The predicted octanol–water partition coefficient (Wildman–Crippen LogP) is 4.73. The van der Waals surface area contributed by atoms with Crippen LogP contribution in [0.1, 0.15) is 16.8 Å². The van der Waals surface area contributed by atoms with E-state index in [-0.39, 0.29) is 29.5 Å². The Morgan fingerprint density at radius 2 is 1.79 bits per heavy atom. The molecule has 3 aromatic carbocycles. The number of carbonyl (C=O) groups is 3. The number of rotatable bonds is 6. The molecule has 2 N–H and O–H groups in total. The van der Waals surface area contributed by atoms with Gasteiger partial charge in [-0.05, 0) is 54.6 Å². The number of ether oxygens (including phenoxy) is 1. The Labute approximate surface area is 200 Å². The van der Waals surface area contributed by atoms with E-state index >= 15 is 0 Å². The van der Waals surface area contributed by atoms with Gasteiger partial charge in [0.2, 0.25) is 11.8 Å². The quantitative estimate of drug-likeness (QED) is 0.532. The highest BCUT2D eigenvalue weighted by Crippen LogP contribution is 2.29. The first-order chi connectivity index (χ1) is 16.4. The number of hydrogen-bond donors (Lipinski definition) is 2. The molecule has 0 bridgehead atoms. The zero-order chi connectivity index (χ0) is 24.2. The second-order valence-electron chi connectivity index (χ2n) is 7.72. The molecule has 174 valence electrons. The number of methoxy groups -OCH3 is 1. The first-order valence-electron chi connectivity index (χ1n) is 10.5. The maximum absolute atomic E-state index is 13.5. The lowest BCUT2D eigenvalue weighted by Crippen LogP contribution is -2.28. The third-order valence-corrected chi connectivity index (χ3v) is 5.78. The van der Waals surface area contributed by atoms with E-state index < -0.39 is 23.5 Å². The summed E-state index contributed by atoms with van der Waals surface area (Å²) in [4.78, 5) is 39.7. The van der Waals surface area contributed by atoms with Crippen molar-refractivity contribution >= 4 is 46.4 Å². The molecule has 3 amide bonds. The molecule has 9 heteroatoms. The van der Waals surface area contributed by atoms with E-state index in [9.17, 15) is 18.8 Å². The largest absolute Gasteiger partial charge is 0.497 e. The summed E-state index contributed by atoms with van der Waals surface area (Å²) in [6.45, 7) is 0.118. The molecule has 7 nitrogen and oxygen atoms in total. The van der Waals surface area contributed by atoms with E-state index in [0.717, 1.165) is 0 Å². The maximum Gasteiger partial charge on any atom is 0.257 e. The van der Waals surface area contributed by atoms with Crippen molar-refractivity contribution in [1.82, 2.24) is 0 Å². The first kappa shape index (κ1) is 23.3. The van der Waals surface area contributed by atoms with Crippen molar-refractivity contribution in [3.05, 3.63) is 83.1 Å². The number of carbonyl (C=O) groups excluding carboxylic acids is 3. The smallest absolute Gasteiger partial charge is 0.257 e. The molecule has 0 aliphatic carbocycles. The van der Waals surface area contributed by atoms with E-state index in [1.807, 2.05) is 0 Å². The molecule has 1 atom stereocenters. The lowest BCUT2D eigenvalue weighted by molar-refractivity contribution is -0.122. The van der Waals surface area contributed by atoms with Crippen LogP contribution in [-0.2, 0) is 9.59 Å². The molecule has 1 aliphatic heterocycles. The molecule has 1 unspecified atom stereocenters. The lowest BCUT2D eigenvalue weighted by atomic mass is 10.1. The molecule has 0 saturated carbocycles. The minimum absolute atomic E-state index is 0.0129. The number of benzene rings is 3. The Morgan fingerprint density at radius 1 is 1.06 bits per heavy atom. The van der Waals surface area contributed by atoms with Crippen LogP contribution < -0.4 is 20.3 Å². The highest BCUT2D eigenvalue weighted by molar-refractivity contribution is 6.31. The third kappa shape index (κ3) is 5.02. The Bertz CT molecular complexity index is 1250. The Kier molecular flexibility index (Phi) is 6.79. The summed E-state index contributed by atoms with van der Waals surface area (Å²) in [7, 11) is 1.55. The van der Waals surface area contributed by atoms with Gasteiger partial charge in [-0.25, -0.2) is 4.39 Å². The Balaban J connectivity index is 1.45. The Morgan fingerprint density at radius 3 is 2.50 bits per heavy atom. The molecule has 0 spiro atoms. The van der Waals surface area contributed by atoms with Crippen molar-refractivity contribution in [3.63, 3.8) is 0 Å². The van der Waals surface area contributed by atoms with Crippen molar-refractivity contribution in [3.8, 4) is 5.75 Å². The van der Waals surface area contributed by atoms with Crippen LogP contribution in [0, 0.1) is 11.7 Å². The molecule has 0 radical (unpaired) electrons. The fourth-order valence-electron chi connectivity index (χ4n) is 3.68. The summed E-state index contributed by atoms with van der Waals surface area (Å²) in [6, 6.07) is 17.4. The number of halogens is 2. The zero-order valence-corrected chi connectivity index (χ0v) is 18.9. The zero-order valence-electron chi connectivity index (χ0n) is 18.2. The van der Waals surface area contributed by atoms with Crippen LogP contribution in [0.5, 0.6) is 5.75 Å². The van der Waals surface area contributed by atoms with Gasteiger partial charge in [0.25, 0.3) is 5.91 Å². The van der Waals surface area contributed by atoms with Crippen molar-refractivity contribution in [1.29, 1.82) is 0 Å². The molecule has 1 heterocycles. The summed E-state index contributed by atoms with van der Waals surface area (Å²) >= 11 is 5.83. The standard InChI is InChI=1S/C25H21ClFN3O4/c1-34-18-9-6-16(7-10-18)28-25(33)19-4-2-3-5-22(19)29-24(32)15-12-23(31)30(14-15)17-8-11-21(27)20(26)13-17/h2-11,13,15H,12,14H2,1H3,(H,28,33)(H,29,32). The van der Waals surface area contributed by atoms with Gasteiger partial charge < -0.3 is 20.3 Å². The summed E-state index contributed by atoms with van der Waals surface area (Å²) < 4.78 is 18.6. The van der Waals surface area contributed by atoms with Crippen LogP contribution in [0.4, 0.5) is 21.5 Å². The van der Waals surface area contributed by atoms with Gasteiger partial charge in [0.1, 0.15) is 11.6 Å². The van der Waals surface area contributed by atoms with E-state index in [1.54, 1.807) is 55.6 Å².